The predicted octanol–water partition coefficient (Wildman–Crippen LogP) is 7.77. The molecule has 2 aliphatic carbocycles. The summed E-state index contributed by atoms with van der Waals surface area (Å²) in [6, 6.07) is 0. The van der Waals surface area contributed by atoms with Gasteiger partial charge in [0.05, 0.1) is 26.4 Å². The molecule has 190 valence electrons. The van der Waals surface area contributed by atoms with Gasteiger partial charge in [-0.25, -0.2) is 0 Å². The normalized spacial score (nSPS) is 28.4. The molecule has 2 saturated carbocycles. The van der Waals surface area contributed by atoms with E-state index < -0.39 is 0 Å². The number of hydrogen-bond donors (Lipinski definition) is 0. The van der Waals surface area contributed by atoms with Gasteiger partial charge in [-0.05, 0) is 61.7 Å². The fraction of sp³-hybridized carbons (Fsp3) is 0.800. The van der Waals surface area contributed by atoms with Crippen molar-refractivity contribution in [2.24, 2.45) is 29.6 Å². The monoisotopic (exact) mass is 460 g/mol. The van der Waals surface area contributed by atoms with E-state index in [1.165, 1.54) is 83.5 Å². The molecule has 3 nitrogen and oxygen atoms in total. The Kier molecular flexibility index (Phi) is 15.8. The molecule has 0 spiro atoms. The zero-order valence-corrected chi connectivity index (χ0v) is 21.4. The zero-order valence-electron chi connectivity index (χ0n) is 21.4. The maximum atomic E-state index is 6.13. The molecule has 0 saturated heterocycles. The first-order valence-corrected chi connectivity index (χ1v) is 13.8. The van der Waals surface area contributed by atoms with E-state index in [2.05, 4.69) is 19.7 Å². The average Bonchev–Trinajstić information content (AvgIpc) is 3.00. The van der Waals surface area contributed by atoms with Crippen molar-refractivity contribution < 1.29 is 14.2 Å². The molecule has 4 atom stereocenters. The molecule has 0 aromatic carbocycles. The van der Waals surface area contributed by atoms with E-state index in [9.17, 15) is 0 Å². The molecule has 4 unspecified atom stereocenters. The van der Waals surface area contributed by atoms with Crippen molar-refractivity contribution in [2.75, 3.05) is 39.6 Å². The Labute approximate surface area is 205 Å². The third-order valence-electron chi connectivity index (χ3n) is 7.88. The van der Waals surface area contributed by atoms with Gasteiger partial charge in [0.25, 0.3) is 0 Å². The molecule has 0 bridgehead atoms. The second-order valence-corrected chi connectivity index (χ2v) is 10.5. The summed E-state index contributed by atoms with van der Waals surface area (Å²) in [7, 11) is 0. The van der Waals surface area contributed by atoms with Crippen LogP contribution in [0.2, 0.25) is 0 Å². The van der Waals surface area contributed by atoms with Gasteiger partial charge >= 0.3 is 0 Å². The topological polar surface area (TPSA) is 27.7 Å². The Morgan fingerprint density at radius 1 is 0.545 bits per heavy atom. The van der Waals surface area contributed by atoms with Crippen LogP contribution in [0.25, 0.3) is 0 Å². The third-order valence-corrected chi connectivity index (χ3v) is 7.88. The van der Waals surface area contributed by atoms with Crippen molar-refractivity contribution in [2.45, 2.75) is 83.5 Å². The van der Waals surface area contributed by atoms with Gasteiger partial charge in [-0.15, -0.1) is 19.7 Å². The minimum Gasteiger partial charge on any atom is -0.377 e. The van der Waals surface area contributed by atoms with E-state index in [4.69, 9.17) is 14.2 Å². The lowest BCUT2D eigenvalue weighted by molar-refractivity contribution is 0.0385. The van der Waals surface area contributed by atoms with Gasteiger partial charge in [-0.2, -0.15) is 0 Å². The molecule has 0 amide bonds. The number of rotatable bonds is 13. The lowest BCUT2D eigenvalue weighted by Gasteiger charge is -2.35. The molecule has 2 aliphatic rings. The van der Waals surface area contributed by atoms with Gasteiger partial charge in [0.15, 0.2) is 0 Å². The molecule has 3 heteroatoms. The minimum absolute atomic E-state index is 0.584. The van der Waals surface area contributed by atoms with Crippen LogP contribution in [0.4, 0.5) is 0 Å². The lowest BCUT2D eigenvalue weighted by Crippen LogP contribution is -2.30. The molecule has 33 heavy (non-hydrogen) atoms. The number of hydrogen-bond acceptors (Lipinski definition) is 3. The summed E-state index contributed by atoms with van der Waals surface area (Å²) in [5.41, 5.74) is 0. The van der Waals surface area contributed by atoms with E-state index >= 15 is 0 Å². The highest BCUT2D eigenvalue weighted by Crippen LogP contribution is 2.41. The highest BCUT2D eigenvalue weighted by molar-refractivity contribution is 4.84. The Morgan fingerprint density at radius 2 is 1.03 bits per heavy atom. The summed E-state index contributed by atoms with van der Waals surface area (Å²) < 4.78 is 18.0. The fourth-order valence-electron chi connectivity index (χ4n) is 6.16. The van der Waals surface area contributed by atoms with Gasteiger partial charge in [-0.3, -0.25) is 0 Å². The van der Waals surface area contributed by atoms with Crippen LogP contribution in [-0.2, 0) is 14.2 Å². The molecule has 0 N–H and O–H groups in total. The van der Waals surface area contributed by atoms with Gasteiger partial charge in [0.1, 0.15) is 0 Å². The van der Waals surface area contributed by atoms with Gasteiger partial charge in [0.2, 0.25) is 0 Å². The Balaban J connectivity index is 2.18. The molecular formula is C30H52O3. The lowest BCUT2D eigenvalue weighted by atomic mass is 9.72. The van der Waals surface area contributed by atoms with E-state index in [-0.39, 0.29) is 0 Å². The molecule has 0 aromatic heterocycles. The van der Waals surface area contributed by atoms with Crippen LogP contribution in [0, 0.1) is 29.6 Å². The van der Waals surface area contributed by atoms with Crippen LogP contribution in [0.1, 0.15) is 83.5 Å². The average molecular weight is 461 g/mol. The van der Waals surface area contributed by atoms with Gasteiger partial charge < -0.3 is 14.2 Å². The second kappa shape index (κ2) is 18.4. The van der Waals surface area contributed by atoms with Crippen molar-refractivity contribution in [3.05, 3.63) is 38.0 Å². The molecule has 2 rings (SSSR count). The Hall–Kier alpha value is -0.900. The Morgan fingerprint density at radius 3 is 1.64 bits per heavy atom. The van der Waals surface area contributed by atoms with E-state index in [0.717, 1.165) is 31.7 Å². The molecule has 0 heterocycles. The zero-order chi connectivity index (χ0) is 23.6. The standard InChI is InChI=1S/C30H52O3/c1-4-19-31-23-26-15-16-27(24-32-20-5-2)22-29(25-33-21-6-3)30(18-17-26)28-13-11-9-7-8-10-12-14-28/h4-6,26-30H,1-3,7-25H2. The van der Waals surface area contributed by atoms with Crippen molar-refractivity contribution in [1.29, 1.82) is 0 Å². The summed E-state index contributed by atoms with van der Waals surface area (Å²) in [6.07, 6.45) is 23.2. The van der Waals surface area contributed by atoms with Crippen molar-refractivity contribution in [3.63, 3.8) is 0 Å². The first kappa shape index (κ1) is 28.3. The second-order valence-electron chi connectivity index (χ2n) is 10.5. The molecule has 2 fully saturated rings. The van der Waals surface area contributed by atoms with Crippen LogP contribution in [0.3, 0.4) is 0 Å². The highest BCUT2D eigenvalue weighted by Gasteiger charge is 2.33. The fourth-order valence-corrected chi connectivity index (χ4v) is 6.16. The summed E-state index contributed by atoms with van der Waals surface area (Å²) in [4.78, 5) is 0. The summed E-state index contributed by atoms with van der Waals surface area (Å²) in [5, 5.41) is 0. The quantitative estimate of drug-likeness (QED) is 0.207. The SMILES string of the molecule is C=CCOCC1CCC(COCC=C)CC(COCC=C)C(C2CCCCCCCC2)CC1. The number of ether oxygens (including phenoxy) is 3. The highest BCUT2D eigenvalue weighted by atomic mass is 16.5. The van der Waals surface area contributed by atoms with Gasteiger partial charge in [0, 0.05) is 13.2 Å². The van der Waals surface area contributed by atoms with Gasteiger partial charge in [-0.1, -0.05) is 69.6 Å². The maximum absolute atomic E-state index is 6.13. The third kappa shape index (κ3) is 11.9. The minimum atomic E-state index is 0.584. The molecule has 0 radical (unpaired) electrons. The van der Waals surface area contributed by atoms with Crippen LogP contribution in [0.15, 0.2) is 38.0 Å². The molecule has 0 aliphatic heterocycles. The van der Waals surface area contributed by atoms with Crippen molar-refractivity contribution >= 4 is 0 Å². The maximum Gasteiger partial charge on any atom is 0.0644 e. The first-order chi connectivity index (χ1) is 16.3. The van der Waals surface area contributed by atoms with E-state index in [0.29, 0.717) is 37.6 Å². The largest absolute Gasteiger partial charge is 0.377 e. The smallest absolute Gasteiger partial charge is 0.0644 e. The van der Waals surface area contributed by atoms with Crippen LogP contribution in [-0.4, -0.2) is 39.6 Å². The summed E-state index contributed by atoms with van der Waals surface area (Å²) in [6.45, 7) is 16.0. The van der Waals surface area contributed by atoms with Crippen LogP contribution < -0.4 is 0 Å². The van der Waals surface area contributed by atoms with E-state index in [1.807, 2.05) is 18.2 Å². The molecular weight excluding hydrogens is 408 g/mol. The van der Waals surface area contributed by atoms with E-state index in [1.54, 1.807) is 0 Å². The van der Waals surface area contributed by atoms with Crippen molar-refractivity contribution in [3.8, 4) is 0 Å². The van der Waals surface area contributed by atoms with Crippen LogP contribution >= 0.6 is 0 Å². The van der Waals surface area contributed by atoms with Crippen LogP contribution in [0.5, 0.6) is 0 Å². The first-order valence-electron chi connectivity index (χ1n) is 13.8. The summed E-state index contributed by atoms with van der Waals surface area (Å²) >= 11 is 0. The molecule has 0 aromatic rings. The Bertz CT molecular complexity index is 507. The summed E-state index contributed by atoms with van der Waals surface area (Å²) in [5.74, 6) is 3.42. The van der Waals surface area contributed by atoms with Crippen molar-refractivity contribution in [1.82, 2.24) is 0 Å². The predicted molar refractivity (Wildman–Crippen MR) is 141 cm³/mol.